The molecule has 0 saturated carbocycles. The quantitative estimate of drug-likeness (QED) is 0.752. The van der Waals surface area contributed by atoms with E-state index in [1.165, 1.54) is 4.90 Å². The van der Waals surface area contributed by atoms with Crippen LogP contribution < -0.4 is 5.32 Å². The van der Waals surface area contributed by atoms with Gasteiger partial charge in [-0.2, -0.15) is 13.2 Å². The van der Waals surface area contributed by atoms with Crippen molar-refractivity contribution in [2.24, 2.45) is 5.92 Å². The Morgan fingerprint density at radius 3 is 2.48 bits per heavy atom. The highest BCUT2D eigenvalue weighted by Gasteiger charge is 2.30. The van der Waals surface area contributed by atoms with Crippen molar-refractivity contribution in [1.29, 1.82) is 0 Å². The first-order valence-corrected chi connectivity index (χ1v) is 7.37. The molecule has 0 aliphatic heterocycles. The largest absolute Gasteiger partial charge is 0.463 e. The number of hydrogen-bond donors (Lipinski definition) is 1. The average molecular weight is 306 g/mol. The highest BCUT2D eigenvalue weighted by Crippen LogP contribution is 2.19. The molecular weight excluding hydrogens is 281 g/mol. The molecule has 21 heavy (non-hydrogen) atoms. The predicted molar refractivity (Wildman–Crippen MR) is 76.9 cm³/mol. The highest BCUT2D eigenvalue weighted by atomic mass is 19.4. The van der Waals surface area contributed by atoms with Crippen LogP contribution in [0.25, 0.3) is 0 Å². The Balaban J connectivity index is 2.50. The van der Waals surface area contributed by atoms with Crippen molar-refractivity contribution in [3.05, 3.63) is 23.7 Å². The summed E-state index contributed by atoms with van der Waals surface area (Å²) in [6, 6.07) is 3.58. The van der Waals surface area contributed by atoms with Gasteiger partial charge in [-0.15, -0.1) is 0 Å². The van der Waals surface area contributed by atoms with Crippen LogP contribution in [0.2, 0.25) is 0 Å². The Morgan fingerprint density at radius 1 is 1.24 bits per heavy atom. The molecule has 0 bridgehead atoms. The average Bonchev–Trinajstić information content (AvgIpc) is 2.74. The lowest BCUT2D eigenvalue weighted by Gasteiger charge is -2.21. The molecule has 0 saturated heterocycles. The standard InChI is InChI=1S/C15H25F3N2O/c1-4-7-20(11-15(16,17)18)10-14-6-5-13(21-14)9-19-8-12(2)3/h5-6,12,19H,4,7-11H2,1-3H3. The van der Waals surface area contributed by atoms with Gasteiger partial charge < -0.3 is 9.73 Å². The molecule has 0 amide bonds. The maximum atomic E-state index is 12.5. The topological polar surface area (TPSA) is 28.4 Å². The van der Waals surface area contributed by atoms with Crippen LogP contribution in [0, 0.1) is 5.92 Å². The van der Waals surface area contributed by atoms with Crippen molar-refractivity contribution in [3.8, 4) is 0 Å². The lowest BCUT2D eigenvalue weighted by atomic mass is 10.2. The van der Waals surface area contributed by atoms with Crippen LogP contribution in [0.5, 0.6) is 0 Å². The first kappa shape index (κ1) is 18.0. The van der Waals surface area contributed by atoms with Gasteiger partial charge in [0.05, 0.1) is 19.6 Å². The zero-order valence-corrected chi connectivity index (χ0v) is 13.0. The lowest BCUT2D eigenvalue weighted by Crippen LogP contribution is -2.34. The van der Waals surface area contributed by atoms with E-state index in [0.717, 1.165) is 12.3 Å². The summed E-state index contributed by atoms with van der Waals surface area (Å²) < 4.78 is 43.1. The van der Waals surface area contributed by atoms with Crippen LogP contribution >= 0.6 is 0 Å². The molecule has 0 aliphatic carbocycles. The van der Waals surface area contributed by atoms with Crippen molar-refractivity contribution in [3.63, 3.8) is 0 Å². The molecule has 0 unspecified atom stereocenters. The summed E-state index contributed by atoms with van der Waals surface area (Å²) in [5.41, 5.74) is 0. The Labute approximate surface area is 124 Å². The zero-order valence-electron chi connectivity index (χ0n) is 13.0. The SMILES string of the molecule is CCCN(Cc1ccc(CNCC(C)C)o1)CC(F)(F)F. The van der Waals surface area contributed by atoms with E-state index in [-0.39, 0.29) is 6.54 Å². The first-order valence-electron chi connectivity index (χ1n) is 7.37. The second-order valence-corrected chi connectivity index (χ2v) is 5.72. The first-order chi connectivity index (χ1) is 9.80. The van der Waals surface area contributed by atoms with Crippen LogP contribution in [0.3, 0.4) is 0 Å². The van der Waals surface area contributed by atoms with Gasteiger partial charge in [0.1, 0.15) is 11.5 Å². The van der Waals surface area contributed by atoms with Crippen LogP contribution in [0.1, 0.15) is 38.7 Å². The molecule has 1 aromatic rings. The molecule has 1 N–H and O–H groups in total. The fraction of sp³-hybridized carbons (Fsp3) is 0.733. The van der Waals surface area contributed by atoms with Crippen LogP contribution in [-0.4, -0.2) is 30.7 Å². The third-order valence-corrected chi connectivity index (χ3v) is 2.89. The Kier molecular flexibility index (Phi) is 7.25. The minimum Gasteiger partial charge on any atom is -0.463 e. The summed E-state index contributed by atoms with van der Waals surface area (Å²) in [4.78, 5) is 1.37. The van der Waals surface area contributed by atoms with Gasteiger partial charge in [-0.05, 0) is 37.6 Å². The Hall–Kier alpha value is -1.01. The van der Waals surface area contributed by atoms with Gasteiger partial charge in [-0.1, -0.05) is 20.8 Å². The fourth-order valence-electron chi connectivity index (χ4n) is 2.09. The van der Waals surface area contributed by atoms with E-state index in [4.69, 9.17) is 4.42 Å². The van der Waals surface area contributed by atoms with Gasteiger partial charge in [-0.3, -0.25) is 4.90 Å². The van der Waals surface area contributed by atoms with Crippen molar-refractivity contribution in [2.45, 2.75) is 46.5 Å². The van der Waals surface area contributed by atoms with Gasteiger partial charge in [0, 0.05) is 0 Å². The molecule has 6 heteroatoms. The summed E-state index contributed by atoms with van der Waals surface area (Å²) >= 11 is 0. The molecule has 0 aliphatic rings. The summed E-state index contributed by atoms with van der Waals surface area (Å²) in [7, 11) is 0. The minimum absolute atomic E-state index is 0.192. The van der Waals surface area contributed by atoms with E-state index in [0.29, 0.717) is 31.2 Å². The van der Waals surface area contributed by atoms with Gasteiger partial charge in [0.15, 0.2) is 0 Å². The molecule has 0 fully saturated rings. The fourth-order valence-corrected chi connectivity index (χ4v) is 2.09. The monoisotopic (exact) mass is 306 g/mol. The zero-order chi connectivity index (χ0) is 15.9. The van der Waals surface area contributed by atoms with E-state index < -0.39 is 12.7 Å². The smallest absolute Gasteiger partial charge is 0.401 e. The van der Waals surface area contributed by atoms with Gasteiger partial charge >= 0.3 is 6.18 Å². The number of hydrogen-bond acceptors (Lipinski definition) is 3. The maximum absolute atomic E-state index is 12.5. The molecule has 1 aromatic heterocycles. The van der Waals surface area contributed by atoms with Crippen LogP contribution in [0.15, 0.2) is 16.5 Å². The molecule has 0 spiro atoms. The number of rotatable bonds is 9. The number of furan rings is 1. The number of nitrogens with zero attached hydrogens (tertiary/aromatic N) is 1. The van der Waals surface area contributed by atoms with Crippen molar-refractivity contribution in [1.82, 2.24) is 10.2 Å². The Morgan fingerprint density at radius 2 is 1.90 bits per heavy atom. The maximum Gasteiger partial charge on any atom is 0.401 e. The molecule has 1 heterocycles. The summed E-state index contributed by atoms with van der Waals surface area (Å²) in [5, 5.41) is 3.24. The van der Waals surface area contributed by atoms with E-state index >= 15 is 0 Å². The normalized spacial score (nSPS) is 12.6. The minimum atomic E-state index is -4.18. The second-order valence-electron chi connectivity index (χ2n) is 5.72. The molecule has 3 nitrogen and oxygen atoms in total. The number of alkyl halides is 3. The van der Waals surface area contributed by atoms with Crippen molar-refractivity contribution in [2.75, 3.05) is 19.6 Å². The van der Waals surface area contributed by atoms with Crippen molar-refractivity contribution < 1.29 is 17.6 Å². The predicted octanol–water partition coefficient (Wildman–Crippen LogP) is 3.80. The molecule has 0 aromatic carbocycles. The summed E-state index contributed by atoms with van der Waals surface area (Å²) in [6.45, 7) is 7.27. The van der Waals surface area contributed by atoms with E-state index in [1.54, 1.807) is 6.07 Å². The number of halogens is 3. The molecule has 0 atom stereocenters. The summed E-state index contributed by atoms with van der Waals surface area (Å²) in [6.07, 6.45) is -3.50. The third kappa shape index (κ3) is 8.12. The molecule has 122 valence electrons. The highest BCUT2D eigenvalue weighted by molar-refractivity contribution is 5.07. The van der Waals surface area contributed by atoms with E-state index in [1.807, 2.05) is 13.0 Å². The van der Waals surface area contributed by atoms with Gasteiger partial charge in [-0.25, -0.2) is 0 Å². The third-order valence-electron chi connectivity index (χ3n) is 2.89. The van der Waals surface area contributed by atoms with Crippen molar-refractivity contribution >= 4 is 0 Å². The number of nitrogens with one attached hydrogen (secondary N) is 1. The van der Waals surface area contributed by atoms with Crippen LogP contribution in [-0.2, 0) is 13.1 Å². The molecule has 0 radical (unpaired) electrons. The van der Waals surface area contributed by atoms with E-state index in [2.05, 4.69) is 19.2 Å². The lowest BCUT2D eigenvalue weighted by molar-refractivity contribution is -0.147. The second kappa shape index (κ2) is 8.44. The Bertz CT molecular complexity index is 402. The molecular formula is C15H25F3N2O. The molecule has 1 rings (SSSR count). The van der Waals surface area contributed by atoms with Gasteiger partial charge in [0.25, 0.3) is 0 Å². The van der Waals surface area contributed by atoms with Gasteiger partial charge in [0.2, 0.25) is 0 Å². The van der Waals surface area contributed by atoms with E-state index in [9.17, 15) is 13.2 Å². The summed E-state index contributed by atoms with van der Waals surface area (Å²) in [5.74, 6) is 1.88. The van der Waals surface area contributed by atoms with Crippen LogP contribution in [0.4, 0.5) is 13.2 Å².